The Labute approximate surface area is 321 Å². The minimum absolute atomic E-state index is 0. The lowest BCUT2D eigenvalue weighted by atomic mass is 10.1. The number of aromatic nitrogens is 2. The van der Waals surface area contributed by atoms with Crippen molar-refractivity contribution >= 4 is 54.0 Å². The summed E-state index contributed by atoms with van der Waals surface area (Å²) in [6.45, 7) is 3.05. The van der Waals surface area contributed by atoms with Crippen LogP contribution in [0.3, 0.4) is 0 Å². The molecule has 0 radical (unpaired) electrons. The van der Waals surface area contributed by atoms with Gasteiger partial charge in [-0.2, -0.15) is 8.42 Å². The first-order chi connectivity index (χ1) is 24.7. The average molecular weight is 799 g/mol. The maximum absolute atomic E-state index is 13.4. The molecule has 2 aromatic heterocycles. The van der Waals surface area contributed by atoms with Crippen LogP contribution in [0.2, 0.25) is 5.02 Å². The van der Waals surface area contributed by atoms with Gasteiger partial charge in [-0.3, -0.25) is 4.55 Å². The molecule has 6 rings (SSSR count). The Kier molecular flexibility index (Phi) is 15.7. The first kappa shape index (κ1) is 43.5. The lowest BCUT2D eigenvalue weighted by Crippen LogP contribution is -2.24. The number of ether oxygens (including phenoxy) is 1. The van der Waals surface area contributed by atoms with E-state index in [1.54, 1.807) is 36.4 Å². The summed E-state index contributed by atoms with van der Waals surface area (Å²) in [5.74, 6) is 2.37. The minimum Gasteiger partial charge on any atom is -0.487 e. The van der Waals surface area contributed by atoms with Gasteiger partial charge in [0, 0.05) is 42.4 Å². The van der Waals surface area contributed by atoms with Crippen LogP contribution >= 0.6 is 11.6 Å². The first-order valence-corrected chi connectivity index (χ1v) is 19.8. The van der Waals surface area contributed by atoms with E-state index in [0.29, 0.717) is 53.1 Å². The summed E-state index contributed by atoms with van der Waals surface area (Å²) in [6.07, 6.45) is 3.35. The van der Waals surface area contributed by atoms with E-state index in [2.05, 4.69) is 20.6 Å². The Bertz CT molecular complexity index is 2370. The molecule has 3 N–H and O–H groups in total. The molecule has 6 aromatic rings. The van der Waals surface area contributed by atoms with Crippen LogP contribution in [0.15, 0.2) is 113 Å². The molecule has 2 heterocycles. The molecule has 0 aliphatic rings. The van der Waals surface area contributed by atoms with Gasteiger partial charge < -0.3 is 19.8 Å². The Morgan fingerprint density at radius 2 is 1.65 bits per heavy atom. The molecule has 0 aliphatic carbocycles. The summed E-state index contributed by atoms with van der Waals surface area (Å²) in [7, 11) is -7.00. The number of rotatable bonds is 13. The van der Waals surface area contributed by atoms with E-state index in [-0.39, 0.29) is 37.9 Å². The van der Waals surface area contributed by atoms with Crippen LogP contribution in [0.5, 0.6) is 5.75 Å². The van der Waals surface area contributed by atoms with Crippen molar-refractivity contribution in [3.05, 3.63) is 131 Å². The third-order valence-corrected chi connectivity index (χ3v) is 9.69. The number of aryl methyl sites for hydroxylation is 1. The van der Waals surface area contributed by atoms with E-state index in [1.165, 1.54) is 36.8 Å². The summed E-state index contributed by atoms with van der Waals surface area (Å²) >= 11 is 6.48. The molecule has 0 amide bonds. The van der Waals surface area contributed by atoms with Crippen molar-refractivity contribution in [1.29, 1.82) is 0 Å². The van der Waals surface area contributed by atoms with Crippen molar-refractivity contribution in [2.75, 3.05) is 30.4 Å². The zero-order valence-electron chi connectivity index (χ0n) is 28.2. The van der Waals surface area contributed by atoms with Gasteiger partial charge in [-0.25, -0.2) is 22.8 Å². The molecule has 15 heteroatoms. The molecule has 288 valence electrons. The highest BCUT2D eigenvalue weighted by Gasteiger charge is 2.12. The average Bonchev–Trinajstić information content (AvgIpc) is 3.56. The van der Waals surface area contributed by atoms with Crippen LogP contribution in [0, 0.1) is 12.7 Å². The predicted octanol–water partition coefficient (Wildman–Crippen LogP) is 8.70. The standard InChI is InChI=1S/C30H28ClFN4O4S.C7H8O3S.2CH4/c1-41(37,38)14-13-33-12-11-24-7-10-28(40-24)21-5-8-27-25(16-21)30(35-19-34-27)36-23-6-9-29(26(31)17-23)39-18-20-3-2-4-22(32)15-20;1-6-2-4-7(5-3-6)11(8,9)10;;/h2-10,15-17,19,33H,11-14,18H2,1H3,(H,34,35,36);2-5H,1H3,(H,8,9,10);2*1H4. The number of nitrogens with zero attached hydrogens (tertiary/aromatic N) is 2. The molecular formula is C39H44ClFN4O7S2. The number of anilines is 2. The molecule has 0 unspecified atom stereocenters. The molecular weight excluding hydrogens is 755 g/mol. The van der Waals surface area contributed by atoms with Crippen molar-refractivity contribution < 1.29 is 34.9 Å². The zero-order valence-corrected chi connectivity index (χ0v) is 30.6. The first-order valence-electron chi connectivity index (χ1n) is 15.9. The van der Waals surface area contributed by atoms with Gasteiger partial charge in [0.2, 0.25) is 0 Å². The molecule has 11 nitrogen and oxygen atoms in total. The topological polar surface area (TPSA) is 161 Å². The largest absolute Gasteiger partial charge is 0.487 e. The molecule has 0 saturated carbocycles. The Balaban J connectivity index is 0.000000520. The minimum atomic E-state index is -4.02. The Morgan fingerprint density at radius 3 is 2.33 bits per heavy atom. The maximum atomic E-state index is 13.4. The van der Waals surface area contributed by atoms with Gasteiger partial charge in [-0.15, -0.1) is 0 Å². The van der Waals surface area contributed by atoms with Crippen LogP contribution < -0.4 is 15.4 Å². The van der Waals surface area contributed by atoms with E-state index in [4.69, 9.17) is 25.3 Å². The molecule has 0 fully saturated rings. The zero-order chi connectivity index (χ0) is 37.3. The van der Waals surface area contributed by atoms with E-state index in [1.807, 2.05) is 43.3 Å². The van der Waals surface area contributed by atoms with E-state index in [0.717, 1.165) is 27.8 Å². The van der Waals surface area contributed by atoms with E-state index < -0.39 is 20.0 Å². The summed E-state index contributed by atoms with van der Waals surface area (Å²) in [4.78, 5) is 8.76. The second kappa shape index (κ2) is 19.5. The van der Waals surface area contributed by atoms with Gasteiger partial charge in [-0.1, -0.05) is 56.3 Å². The fraction of sp³-hybridized carbons (Fsp3) is 0.231. The third-order valence-electron chi connectivity index (χ3n) is 7.58. The van der Waals surface area contributed by atoms with Crippen LogP contribution in [0.25, 0.3) is 22.2 Å². The van der Waals surface area contributed by atoms with E-state index >= 15 is 0 Å². The maximum Gasteiger partial charge on any atom is 0.294 e. The number of hydrogen-bond acceptors (Lipinski definition) is 10. The van der Waals surface area contributed by atoms with Gasteiger partial charge >= 0.3 is 0 Å². The van der Waals surface area contributed by atoms with Crippen LogP contribution in [0.1, 0.15) is 31.7 Å². The normalized spacial score (nSPS) is 11.1. The highest BCUT2D eigenvalue weighted by molar-refractivity contribution is 7.90. The number of sulfone groups is 1. The van der Waals surface area contributed by atoms with Gasteiger partial charge in [0.1, 0.15) is 51.7 Å². The number of halogens is 2. The van der Waals surface area contributed by atoms with Crippen molar-refractivity contribution in [3.8, 4) is 17.1 Å². The molecule has 54 heavy (non-hydrogen) atoms. The Hall–Kier alpha value is -4.86. The summed E-state index contributed by atoms with van der Waals surface area (Å²) in [6, 6.07) is 27.2. The smallest absolute Gasteiger partial charge is 0.294 e. The SMILES string of the molecule is C.C.CS(=O)(=O)CCNCCc1ccc(-c2ccc3ncnc(Nc4ccc(OCc5cccc(F)c5)c(Cl)c4)c3c2)o1.Cc1ccc(S(=O)(=O)O)cc1. The number of furan rings is 1. The lowest BCUT2D eigenvalue weighted by Gasteiger charge is -2.12. The van der Waals surface area contributed by atoms with Crippen molar-refractivity contribution in [2.45, 2.75) is 39.7 Å². The van der Waals surface area contributed by atoms with Gasteiger partial charge in [0.15, 0.2) is 0 Å². The molecule has 0 aliphatic heterocycles. The predicted molar refractivity (Wildman–Crippen MR) is 213 cm³/mol. The summed E-state index contributed by atoms with van der Waals surface area (Å²) in [5, 5.41) is 7.63. The number of benzene rings is 4. The second-order valence-electron chi connectivity index (χ2n) is 11.8. The van der Waals surface area contributed by atoms with Crippen LogP contribution in [0.4, 0.5) is 15.9 Å². The fourth-order valence-corrected chi connectivity index (χ4v) is 6.13. The van der Waals surface area contributed by atoms with Gasteiger partial charge in [-0.05, 0) is 85.3 Å². The molecule has 4 aromatic carbocycles. The quantitative estimate of drug-likeness (QED) is 0.0757. The second-order valence-corrected chi connectivity index (χ2v) is 15.9. The number of fused-ring (bicyclic) bond motifs is 1. The Morgan fingerprint density at radius 1 is 0.889 bits per heavy atom. The highest BCUT2D eigenvalue weighted by atomic mass is 35.5. The summed E-state index contributed by atoms with van der Waals surface area (Å²) < 4.78 is 77.3. The summed E-state index contributed by atoms with van der Waals surface area (Å²) in [5.41, 5.74) is 4.00. The van der Waals surface area contributed by atoms with Gasteiger partial charge in [0.25, 0.3) is 10.1 Å². The van der Waals surface area contributed by atoms with Crippen molar-refractivity contribution in [3.63, 3.8) is 0 Å². The van der Waals surface area contributed by atoms with Gasteiger partial charge in [0.05, 0.1) is 21.2 Å². The monoisotopic (exact) mass is 798 g/mol. The fourth-order valence-electron chi connectivity index (χ4n) is 4.90. The molecule has 0 bridgehead atoms. The van der Waals surface area contributed by atoms with Crippen LogP contribution in [-0.4, -0.2) is 56.5 Å². The number of hydrogen-bond donors (Lipinski definition) is 3. The van der Waals surface area contributed by atoms with E-state index in [9.17, 15) is 21.2 Å². The van der Waals surface area contributed by atoms with Crippen molar-refractivity contribution in [1.82, 2.24) is 15.3 Å². The molecule has 0 atom stereocenters. The van der Waals surface area contributed by atoms with Crippen molar-refractivity contribution in [2.24, 2.45) is 0 Å². The lowest BCUT2D eigenvalue weighted by molar-refractivity contribution is 0.306. The highest BCUT2D eigenvalue weighted by Crippen LogP contribution is 2.33. The third kappa shape index (κ3) is 12.9. The number of nitrogens with one attached hydrogen (secondary N) is 2. The van der Waals surface area contributed by atoms with Crippen LogP contribution in [-0.2, 0) is 33.0 Å². The molecule has 0 saturated heterocycles. The molecule has 0 spiro atoms.